The van der Waals surface area contributed by atoms with Crippen molar-refractivity contribution >= 4 is 16.9 Å². The van der Waals surface area contributed by atoms with Gasteiger partial charge >= 0.3 is 0 Å². The van der Waals surface area contributed by atoms with Crippen LogP contribution in [0.1, 0.15) is 53.0 Å². The lowest BCUT2D eigenvalue weighted by atomic mass is 9.96. The Morgan fingerprint density at radius 1 is 1.07 bits per heavy atom. The second kappa shape index (κ2) is 9.88. The lowest BCUT2D eigenvalue weighted by Crippen LogP contribution is -2.35. The zero-order valence-corrected chi connectivity index (χ0v) is 21.9. The van der Waals surface area contributed by atoms with Gasteiger partial charge in [-0.05, 0) is 42.5 Å². The Hall–Kier alpha value is -4.82. The van der Waals surface area contributed by atoms with Crippen LogP contribution in [0.15, 0.2) is 49.2 Å². The summed E-state index contributed by atoms with van der Waals surface area (Å²) in [5.41, 5.74) is 0.276. The van der Waals surface area contributed by atoms with E-state index in [-0.39, 0.29) is 29.7 Å². The van der Waals surface area contributed by atoms with E-state index >= 15 is 8.78 Å². The van der Waals surface area contributed by atoms with Crippen molar-refractivity contribution in [2.45, 2.75) is 43.7 Å². The largest absolute Gasteiger partial charge is 0.346 e. The first kappa shape index (κ1) is 27.0. The average Bonchev–Trinajstić information content (AvgIpc) is 3.36. The van der Waals surface area contributed by atoms with Gasteiger partial charge in [0, 0.05) is 46.5 Å². The third-order valence-electron chi connectivity index (χ3n) is 7.83. The van der Waals surface area contributed by atoms with E-state index in [0.717, 1.165) is 12.1 Å². The maximum atomic E-state index is 15.0. The minimum atomic E-state index is -3.41. The standard InChI is InChI=1S/C28H20F6N8O/c29-15-1-12(2-16(30)5-15)3-20(23-18(9-35-11-37-23)13-4-14-8-38-40-27(14)36-7-13)39-21(43)10-42-25-22(24(41-42)26(31)32)17-6-19(17)28(25,33)34/h1-2,4-5,7-9,11,17,19-20,26H,3,6,10H2,(H,39,43)(H,36,38,40)/t17?,19?,20-/m0/s1. The maximum Gasteiger partial charge on any atom is 0.293 e. The number of amides is 1. The van der Waals surface area contributed by atoms with Crippen LogP contribution in [-0.2, 0) is 23.7 Å². The second-order valence-electron chi connectivity index (χ2n) is 10.6. The van der Waals surface area contributed by atoms with Gasteiger partial charge in [0.15, 0.2) is 5.65 Å². The number of benzene rings is 1. The number of pyridine rings is 1. The van der Waals surface area contributed by atoms with Crippen molar-refractivity contribution in [3.05, 3.63) is 89.0 Å². The van der Waals surface area contributed by atoms with E-state index in [2.05, 4.69) is 35.6 Å². The van der Waals surface area contributed by atoms with E-state index in [0.29, 0.717) is 32.9 Å². The molecular weight excluding hydrogens is 578 g/mol. The summed E-state index contributed by atoms with van der Waals surface area (Å²) in [6.07, 6.45) is 2.60. The Morgan fingerprint density at radius 3 is 2.63 bits per heavy atom. The van der Waals surface area contributed by atoms with Crippen LogP contribution in [0.3, 0.4) is 0 Å². The van der Waals surface area contributed by atoms with Crippen LogP contribution in [0.4, 0.5) is 26.3 Å². The lowest BCUT2D eigenvalue weighted by Gasteiger charge is -2.22. The van der Waals surface area contributed by atoms with Crippen molar-refractivity contribution in [3.8, 4) is 11.1 Å². The molecule has 0 saturated heterocycles. The summed E-state index contributed by atoms with van der Waals surface area (Å²) in [5, 5.41) is 13.7. The topological polar surface area (TPSA) is 114 Å². The summed E-state index contributed by atoms with van der Waals surface area (Å²) in [6.45, 7) is -0.791. The number of nitrogens with zero attached hydrogens (tertiary/aromatic N) is 6. The van der Waals surface area contributed by atoms with Gasteiger partial charge in [-0.2, -0.15) is 19.0 Å². The maximum absolute atomic E-state index is 15.0. The van der Waals surface area contributed by atoms with Crippen molar-refractivity contribution in [1.29, 1.82) is 0 Å². The Morgan fingerprint density at radius 2 is 1.86 bits per heavy atom. The zero-order chi connectivity index (χ0) is 30.0. The fourth-order valence-corrected chi connectivity index (χ4v) is 5.96. The van der Waals surface area contributed by atoms with Crippen molar-refractivity contribution in [1.82, 2.24) is 40.2 Å². The van der Waals surface area contributed by atoms with Crippen LogP contribution in [0.2, 0.25) is 0 Å². The van der Waals surface area contributed by atoms with Gasteiger partial charge in [0.05, 0.1) is 17.9 Å². The number of aromatic amines is 1. The Balaban J connectivity index is 1.25. The number of H-pyrrole nitrogens is 1. The van der Waals surface area contributed by atoms with Crippen LogP contribution in [0.25, 0.3) is 22.2 Å². The van der Waals surface area contributed by atoms with Gasteiger partial charge in [-0.15, -0.1) is 0 Å². The summed E-state index contributed by atoms with van der Waals surface area (Å²) < 4.78 is 86.3. The molecule has 2 aliphatic rings. The predicted octanol–water partition coefficient (Wildman–Crippen LogP) is 5.14. The van der Waals surface area contributed by atoms with Crippen LogP contribution < -0.4 is 5.32 Å². The number of hydrogen-bond donors (Lipinski definition) is 2. The number of fused-ring (bicyclic) bond motifs is 4. The quantitative estimate of drug-likeness (QED) is 0.239. The minimum absolute atomic E-state index is 0.0832. The molecule has 1 aromatic carbocycles. The molecule has 1 saturated carbocycles. The summed E-state index contributed by atoms with van der Waals surface area (Å²) in [5.74, 6) is -7.75. The van der Waals surface area contributed by atoms with E-state index in [1.165, 1.54) is 18.7 Å². The number of alkyl halides is 4. The first-order chi connectivity index (χ1) is 20.6. The number of rotatable bonds is 8. The van der Waals surface area contributed by atoms with Gasteiger partial charge in [0.2, 0.25) is 5.91 Å². The van der Waals surface area contributed by atoms with Crippen LogP contribution >= 0.6 is 0 Å². The highest BCUT2D eigenvalue weighted by molar-refractivity contribution is 5.81. The molecule has 4 heterocycles. The molecule has 5 aromatic rings. The SMILES string of the molecule is O=C(Cn1nc(C(F)F)c2c1C(F)(F)C1CC21)N[C@@H](Cc1cc(F)cc(F)c1)c1ncncc1-c1cnc2[nH]ncc2c1. The first-order valence-electron chi connectivity index (χ1n) is 13.2. The van der Waals surface area contributed by atoms with Crippen molar-refractivity contribution in [3.63, 3.8) is 0 Å². The Bertz CT molecular complexity index is 1870. The number of carbonyl (C=O) groups excluding carboxylic acids is 1. The van der Waals surface area contributed by atoms with Crippen molar-refractivity contribution < 1.29 is 31.1 Å². The summed E-state index contributed by atoms with van der Waals surface area (Å²) >= 11 is 0. The van der Waals surface area contributed by atoms with Gasteiger partial charge in [-0.1, -0.05) is 0 Å². The molecule has 1 fully saturated rings. The van der Waals surface area contributed by atoms with Crippen LogP contribution in [-0.4, -0.2) is 40.8 Å². The molecule has 1 amide bonds. The number of halogens is 6. The Kier molecular flexibility index (Phi) is 6.21. The Labute approximate surface area is 238 Å². The molecular formula is C28H20F6N8O. The van der Waals surface area contributed by atoms with Gasteiger partial charge in [0.25, 0.3) is 12.3 Å². The molecule has 0 aliphatic heterocycles. The lowest BCUT2D eigenvalue weighted by molar-refractivity contribution is -0.123. The third-order valence-corrected chi connectivity index (χ3v) is 7.83. The average molecular weight is 599 g/mol. The summed E-state index contributed by atoms with van der Waals surface area (Å²) in [7, 11) is 0. The highest BCUT2D eigenvalue weighted by atomic mass is 19.3. The van der Waals surface area contributed by atoms with Gasteiger partial charge in [-0.3, -0.25) is 14.6 Å². The minimum Gasteiger partial charge on any atom is -0.346 e. The predicted molar refractivity (Wildman–Crippen MR) is 138 cm³/mol. The van der Waals surface area contributed by atoms with E-state index in [1.54, 1.807) is 12.3 Å². The highest BCUT2D eigenvalue weighted by Gasteiger charge is 2.67. The van der Waals surface area contributed by atoms with Gasteiger partial charge < -0.3 is 5.32 Å². The van der Waals surface area contributed by atoms with E-state index in [9.17, 15) is 22.4 Å². The molecule has 15 heteroatoms. The fraction of sp³-hybridized carbons (Fsp3) is 0.286. The van der Waals surface area contributed by atoms with Crippen molar-refractivity contribution in [2.75, 3.05) is 0 Å². The molecule has 0 radical (unpaired) electrons. The third kappa shape index (κ3) is 4.68. The first-order valence-corrected chi connectivity index (χ1v) is 13.2. The number of carbonyl (C=O) groups is 1. The monoisotopic (exact) mass is 598 g/mol. The van der Waals surface area contributed by atoms with E-state index < -0.39 is 65.7 Å². The molecule has 0 spiro atoms. The molecule has 2 N–H and O–H groups in total. The number of nitrogens with one attached hydrogen (secondary N) is 2. The second-order valence-corrected chi connectivity index (χ2v) is 10.6. The molecule has 9 nitrogen and oxygen atoms in total. The number of aromatic nitrogens is 7. The molecule has 4 aromatic heterocycles. The van der Waals surface area contributed by atoms with Crippen LogP contribution in [0, 0.1) is 17.6 Å². The summed E-state index contributed by atoms with van der Waals surface area (Å²) in [6, 6.07) is 3.57. The fourth-order valence-electron chi connectivity index (χ4n) is 5.96. The molecule has 7 rings (SSSR count). The zero-order valence-electron chi connectivity index (χ0n) is 21.9. The van der Waals surface area contributed by atoms with E-state index in [4.69, 9.17) is 0 Å². The number of hydrogen-bond acceptors (Lipinski definition) is 6. The highest BCUT2D eigenvalue weighted by Crippen LogP contribution is 2.68. The molecule has 2 unspecified atom stereocenters. The van der Waals surface area contributed by atoms with E-state index in [1.807, 2.05) is 0 Å². The van der Waals surface area contributed by atoms with Crippen molar-refractivity contribution in [2.24, 2.45) is 5.92 Å². The van der Waals surface area contributed by atoms with Crippen LogP contribution in [0.5, 0.6) is 0 Å². The molecule has 220 valence electrons. The smallest absolute Gasteiger partial charge is 0.293 e. The molecule has 0 bridgehead atoms. The molecule has 2 aliphatic carbocycles. The summed E-state index contributed by atoms with van der Waals surface area (Å²) in [4.78, 5) is 26.1. The normalized spacial score (nSPS) is 19.0. The molecule has 3 atom stereocenters. The molecule has 43 heavy (non-hydrogen) atoms. The van der Waals surface area contributed by atoms with Gasteiger partial charge in [-0.25, -0.2) is 32.5 Å². The van der Waals surface area contributed by atoms with Gasteiger partial charge in [0.1, 0.15) is 35.9 Å².